The van der Waals surface area contributed by atoms with E-state index < -0.39 is 0 Å². The minimum atomic E-state index is -0.143. The maximum atomic E-state index is 12.4. The maximum Gasteiger partial charge on any atom is 0.226 e. The highest BCUT2D eigenvalue weighted by atomic mass is 35.5. The number of hydrogen-bond acceptors (Lipinski definition) is 3. The zero-order valence-electron chi connectivity index (χ0n) is 15.7. The van der Waals surface area contributed by atoms with E-state index in [1.165, 1.54) is 6.92 Å². The number of para-hydroxylation sites is 1. The van der Waals surface area contributed by atoms with Gasteiger partial charge in [0.25, 0.3) is 0 Å². The Hall–Kier alpha value is -2.92. The van der Waals surface area contributed by atoms with Crippen molar-refractivity contribution in [3.8, 4) is 0 Å². The van der Waals surface area contributed by atoms with Gasteiger partial charge in [0.15, 0.2) is 0 Å². The summed E-state index contributed by atoms with van der Waals surface area (Å²) in [5.74, 6) is -0.190. The molecule has 3 aromatic rings. The van der Waals surface area contributed by atoms with Crippen LogP contribution in [0.15, 0.2) is 60.8 Å². The molecule has 1 aromatic heterocycles. The van der Waals surface area contributed by atoms with E-state index in [1.54, 1.807) is 11.1 Å². The van der Waals surface area contributed by atoms with Crippen LogP contribution < -0.4 is 5.32 Å². The lowest BCUT2D eigenvalue weighted by molar-refractivity contribution is -0.129. The van der Waals surface area contributed by atoms with Crippen molar-refractivity contribution in [1.29, 1.82) is 0 Å². The Morgan fingerprint density at radius 3 is 2.54 bits per heavy atom. The molecule has 0 saturated heterocycles. The first-order valence-corrected chi connectivity index (χ1v) is 9.54. The van der Waals surface area contributed by atoms with E-state index >= 15 is 0 Å². The summed E-state index contributed by atoms with van der Waals surface area (Å²) in [6.45, 7) is 2.45. The summed E-state index contributed by atoms with van der Waals surface area (Å²) < 4.78 is 0. The van der Waals surface area contributed by atoms with Crippen molar-refractivity contribution in [2.45, 2.75) is 19.8 Å². The number of amides is 2. The van der Waals surface area contributed by atoms with Gasteiger partial charge in [-0.2, -0.15) is 0 Å². The first kappa shape index (κ1) is 19.8. The van der Waals surface area contributed by atoms with Crippen LogP contribution in [0.5, 0.6) is 0 Å². The maximum absolute atomic E-state index is 12.4. The van der Waals surface area contributed by atoms with Crippen molar-refractivity contribution in [2.75, 3.05) is 18.4 Å². The average molecular weight is 396 g/mol. The Labute approximate surface area is 169 Å². The number of aromatic nitrogens is 1. The number of anilines is 1. The van der Waals surface area contributed by atoms with E-state index in [0.29, 0.717) is 30.2 Å². The lowest BCUT2D eigenvalue weighted by Crippen LogP contribution is -2.33. The highest BCUT2D eigenvalue weighted by Gasteiger charge is 2.12. The van der Waals surface area contributed by atoms with Gasteiger partial charge in [-0.1, -0.05) is 41.9 Å². The third kappa shape index (κ3) is 5.30. The summed E-state index contributed by atoms with van der Waals surface area (Å²) in [5, 5.41) is 4.56. The van der Waals surface area contributed by atoms with Gasteiger partial charge in [0.1, 0.15) is 0 Å². The summed E-state index contributed by atoms with van der Waals surface area (Å²) in [7, 11) is 0. The van der Waals surface area contributed by atoms with E-state index in [4.69, 9.17) is 11.6 Å². The summed E-state index contributed by atoms with van der Waals surface area (Å²) in [6, 6.07) is 17.0. The number of rotatable bonds is 7. The summed E-state index contributed by atoms with van der Waals surface area (Å²) in [4.78, 5) is 30.4. The average Bonchev–Trinajstić information content (AvgIpc) is 2.69. The molecule has 0 aliphatic rings. The van der Waals surface area contributed by atoms with Crippen LogP contribution in [0.1, 0.15) is 18.9 Å². The molecule has 5 nitrogen and oxygen atoms in total. The molecule has 2 amide bonds. The molecule has 0 atom stereocenters. The topological polar surface area (TPSA) is 62.3 Å². The number of carbonyl (C=O) groups excluding carboxylic acids is 2. The van der Waals surface area contributed by atoms with Gasteiger partial charge in [0.05, 0.1) is 11.2 Å². The minimum absolute atomic E-state index is 0.0476. The van der Waals surface area contributed by atoms with E-state index in [-0.39, 0.29) is 18.2 Å². The van der Waals surface area contributed by atoms with Crippen molar-refractivity contribution >= 4 is 40.0 Å². The molecule has 1 heterocycles. The minimum Gasteiger partial charge on any atom is -0.342 e. The third-order valence-corrected chi connectivity index (χ3v) is 4.80. The smallest absolute Gasteiger partial charge is 0.226 e. The normalized spacial score (nSPS) is 10.6. The Morgan fingerprint density at radius 1 is 1.04 bits per heavy atom. The number of halogens is 1. The number of nitrogens with zero attached hydrogens (tertiary/aromatic N) is 2. The molecule has 0 bridgehead atoms. The second-order valence-corrected chi connectivity index (χ2v) is 7.00. The van der Waals surface area contributed by atoms with Crippen molar-refractivity contribution < 1.29 is 9.59 Å². The number of nitrogens with one attached hydrogen (secondary N) is 1. The molecule has 28 heavy (non-hydrogen) atoms. The van der Waals surface area contributed by atoms with Crippen LogP contribution in [0, 0.1) is 0 Å². The van der Waals surface area contributed by atoms with Crippen LogP contribution in [0.3, 0.4) is 0 Å². The van der Waals surface area contributed by atoms with Gasteiger partial charge in [-0.3, -0.25) is 14.6 Å². The second kappa shape index (κ2) is 9.33. The SMILES string of the molecule is CC(=O)N(CCC(=O)Nc1cccc2cccnc12)CCc1ccc(Cl)cc1. The molecule has 0 aliphatic carbocycles. The van der Waals surface area contributed by atoms with E-state index in [2.05, 4.69) is 10.3 Å². The van der Waals surface area contributed by atoms with Crippen LogP contribution in [0.25, 0.3) is 10.9 Å². The molecular formula is C22H22ClN3O2. The van der Waals surface area contributed by atoms with Crippen LogP contribution in [0.4, 0.5) is 5.69 Å². The fourth-order valence-electron chi connectivity index (χ4n) is 3.00. The zero-order valence-corrected chi connectivity index (χ0v) is 16.4. The van der Waals surface area contributed by atoms with Crippen LogP contribution in [0.2, 0.25) is 5.02 Å². The molecule has 0 fully saturated rings. The predicted octanol–water partition coefficient (Wildman–Crippen LogP) is 4.31. The molecule has 144 valence electrons. The highest BCUT2D eigenvalue weighted by Crippen LogP contribution is 2.20. The Bertz CT molecular complexity index is 968. The van der Waals surface area contributed by atoms with Crippen LogP contribution in [-0.2, 0) is 16.0 Å². The van der Waals surface area contributed by atoms with Crippen LogP contribution >= 0.6 is 11.6 Å². The van der Waals surface area contributed by atoms with Crippen molar-refractivity contribution in [2.24, 2.45) is 0 Å². The molecule has 6 heteroatoms. The van der Waals surface area contributed by atoms with E-state index in [0.717, 1.165) is 16.5 Å². The molecule has 0 aliphatic heterocycles. The third-order valence-electron chi connectivity index (χ3n) is 4.54. The molecule has 3 rings (SSSR count). The lowest BCUT2D eigenvalue weighted by Gasteiger charge is -2.21. The van der Waals surface area contributed by atoms with E-state index in [9.17, 15) is 9.59 Å². The highest BCUT2D eigenvalue weighted by molar-refractivity contribution is 6.30. The zero-order chi connectivity index (χ0) is 19.9. The molecule has 0 radical (unpaired) electrons. The standard InChI is InChI=1S/C22H22ClN3O2/c1-16(27)26(14-11-17-7-9-19(23)10-8-17)15-12-21(28)25-20-6-2-4-18-5-3-13-24-22(18)20/h2-10,13H,11-12,14-15H2,1H3,(H,25,28). The number of benzene rings is 2. The fraction of sp³-hybridized carbons (Fsp3) is 0.227. The number of pyridine rings is 1. The lowest BCUT2D eigenvalue weighted by atomic mass is 10.1. The summed E-state index contributed by atoms with van der Waals surface area (Å²) in [6.07, 6.45) is 2.64. The number of carbonyl (C=O) groups is 2. The van der Waals surface area contributed by atoms with Crippen molar-refractivity contribution in [1.82, 2.24) is 9.88 Å². The second-order valence-electron chi connectivity index (χ2n) is 6.56. The first-order chi connectivity index (χ1) is 13.5. The van der Waals surface area contributed by atoms with Gasteiger partial charge in [-0.05, 0) is 36.2 Å². The van der Waals surface area contributed by atoms with E-state index in [1.807, 2.05) is 54.6 Å². The monoisotopic (exact) mass is 395 g/mol. The summed E-state index contributed by atoms with van der Waals surface area (Å²) in [5.41, 5.74) is 2.53. The molecule has 0 saturated carbocycles. The molecule has 1 N–H and O–H groups in total. The van der Waals surface area contributed by atoms with Crippen molar-refractivity contribution in [3.05, 3.63) is 71.4 Å². The van der Waals surface area contributed by atoms with Crippen molar-refractivity contribution in [3.63, 3.8) is 0 Å². The summed E-state index contributed by atoms with van der Waals surface area (Å²) >= 11 is 5.90. The first-order valence-electron chi connectivity index (χ1n) is 9.16. The van der Waals surface area contributed by atoms with Crippen LogP contribution in [-0.4, -0.2) is 34.8 Å². The molecular weight excluding hydrogens is 374 g/mol. The van der Waals surface area contributed by atoms with Gasteiger partial charge in [-0.15, -0.1) is 0 Å². The van der Waals surface area contributed by atoms with Gasteiger partial charge in [0, 0.05) is 43.0 Å². The Morgan fingerprint density at radius 2 is 1.79 bits per heavy atom. The largest absolute Gasteiger partial charge is 0.342 e. The van der Waals surface area contributed by atoms with Gasteiger partial charge in [-0.25, -0.2) is 0 Å². The Kier molecular flexibility index (Phi) is 6.61. The quantitative estimate of drug-likeness (QED) is 0.648. The van der Waals surface area contributed by atoms with Gasteiger partial charge in [0.2, 0.25) is 11.8 Å². The Balaban J connectivity index is 1.56. The van der Waals surface area contributed by atoms with Gasteiger partial charge < -0.3 is 10.2 Å². The molecule has 0 unspecified atom stereocenters. The molecule has 2 aromatic carbocycles. The molecule has 0 spiro atoms. The fourth-order valence-corrected chi connectivity index (χ4v) is 3.12. The number of fused-ring (bicyclic) bond motifs is 1. The predicted molar refractivity (Wildman–Crippen MR) is 112 cm³/mol. The number of hydrogen-bond donors (Lipinski definition) is 1. The van der Waals surface area contributed by atoms with Gasteiger partial charge >= 0.3 is 0 Å².